The normalized spacial score (nSPS) is 10.6. The Kier molecular flexibility index (Phi) is 4.27. The van der Waals surface area contributed by atoms with Crippen LogP contribution in [0, 0.1) is 0 Å². The first kappa shape index (κ1) is 17.0. The highest BCUT2D eigenvalue weighted by molar-refractivity contribution is 6.07. The molecule has 0 fully saturated rings. The Morgan fingerprint density at radius 2 is 1.81 bits per heavy atom. The summed E-state index contributed by atoms with van der Waals surface area (Å²) in [6.45, 7) is 0.258. The van der Waals surface area contributed by atoms with Crippen molar-refractivity contribution >= 4 is 17.8 Å². The number of anilines is 1. The third-order valence-corrected chi connectivity index (χ3v) is 3.85. The molecule has 0 aliphatic heterocycles. The van der Waals surface area contributed by atoms with E-state index in [1.165, 1.54) is 0 Å². The van der Waals surface area contributed by atoms with Gasteiger partial charge in [0.05, 0.1) is 6.54 Å². The first-order valence-corrected chi connectivity index (χ1v) is 7.48. The number of benzene rings is 1. The number of nitrogens with one attached hydrogen (secondary N) is 1. The molecular formula is C17H14N4O5. The van der Waals surface area contributed by atoms with Gasteiger partial charge in [-0.25, -0.2) is 9.59 Å². The molecule has 26 heavy (non-hydrogen) atoms. The zero-order valence-corrected chi connectivity index (χ0v) is 13.3. The van der Waals surface area contributed by atoms with E-state index in [4.69, 9.17) is 5.73 Å². The van der Waals surface area contributed by atoms with Gasteiger partial charge in [-0.3, -0.25) is 9.48 Å². The molecule has 132 valence electrons. The minimum atomic E-state index is -1.54. The summed E-state index contributed by atoms with van der Waals surface area (Å²) < 4.78 is 1.59. The highest BCUT2D eigenvalue weighted by Crippen LogP contribution is 2.32. The molecule has 0 amide bonds. The van der Waals surface area contributed by atoms with Crippen molar-refractivity contribution in [2.75, 3.05) is 5.73 Å². The standard InChI is InChI=1S/C17H14N4O5/c18-14-12(16(23)24)11(13(17(25)26)15(22)20-14)10-5-2-1-4-9(10)8-21-7-3-6-19-21/h1-7H,8H2,(H,23,24)(H,25,26)(H3,18,20,22). The molecule has 1 aromatic carbocycles. The van der Waals surface area contributed by atoms with Crippen LogP contribution >= 0.6 is 0 Å². The molecule has 9 heteroatoms. The van der Waals surface area contributed by atoms with Gasteiger partial charge in [-0.05, 0) is 17.2 Å². The maximum absolute atomic E-state index is 12.2. The van der Waals surface area contributed by atoms with E-state index in [9.17, 15) is 24.6 Å². The van der Waals surface area contributed by atoms with Crippen LogP contribution in [0.5, 0.6) is 0 Å². The largest absolute Gasteiger partial charge is 0.478 e. The Bertz CT molecular complexity index is 1050. The Balaban J connectivity index is 2.35. The number of H-pyrrole nitrogens is 1. The predicted molar refractivity (Wildman–Crippen MR) is 92.2 cm³/mol. The number of hydrogen-bond acceptors (Lipinski definition) is 5. The topological polar surface area (TPSA) is 151 Å². The quantitative estimate of drug-likeness (QED) is 0.538. The van der Waals surface area contributed by atoms with Crippen molar-refractivity contribution in [2.45, 2.75) is 6.54 Å². The predicted octanol–water partition coefficient (Wildman–Crippen LogP) is 1.27. The Morgan fingerprint density at radius 1 is 1.12 bits per heavy atom. The molecule has 0 aliphatic rings. The molecule has 9 nitrogen and oxygen atoms in total. The van der Waals surface area contributed by atoms with Crippen LogP contribution in [0.1, 0.15) is 26.3 Å². The lowest BCUT2D eigenvalue weighted by Crippen LogP contribution is -2.24. The van der Waals surface area contributed by atoms with Gasteiger partial charge in [0.2, 0.25) is 0 Å². The van der Waals surface area contributed by atoms with Crippen LogP contribution in [-0.2, 0) is 6.54 Å². The minimum Gasteiger partial charge on any atom is -0.478 e. The molecule has 2 aromatic heterocycles. The number of nitrogen functional groups attached to an aromatic ring is 1. The second kappa shape index (κ2) is 6.55. The zero-order chi connectivity index (χ0) is 18.8. The summed E-state index contributed by atoms with van der Waals surface area (Å²) in [5.41, 5.74) is 4.21. The summed E-state index contributed by atoms with van der Waals surface area (Å²) in [6.07, 6.45) is 3.29. The maximum Gasteiger partial charge on any atom is 0.342 e. The average molecular weight is 354 g/mol. The van der Waals surface area contributed by atoms with E-state index in [-0.39, 0.29) is 17.7 Å². The second-order valence-electron chi connectivity index (χ2n) is 5.46. The van der Waals surface area contributed by atoms with Gasteiger partial charge in [0.15, 0.2) is 0 Å². The third kappa shape index (κ3) is 2.93. The van der Waals surface area contributed by atoms with Crippen LogP contribution in [0.3, 0.4) is 0 Å². The molecule has 5 N–H and O–H groups in total. The number of carboxylic acids is 2. The van der Waals surface area contributed by atoms with E-state index < -0.39 is 34.4 Å². The van der Waals surface area contributed by atoms with E-state index in [0.717, 1.165) is 0 Å². The van der Waals surface area contributed by atoms with Crippen molar-refractivity contribution in [1.29, 1.82) is 0 Å². The molecule has 0 aliphatic carbocycles. The summed E-state index contributed by atoms with van der Waals surface area (Å²) in [6, 6.07) is 8.31. The summed E-state index contributed by atoms with van der Waals surface area (Å²) in [4.78, 5) is 37.6. The van der Waals surface area contributed by atoms with E-state index in [1.54, 1.807) is 47.4 Å². The van der Waals surface area contributed by atoms with E-state index in [2.05, 4.69) is 10.1 Å². The summed E-state index contributed by atoms with van der Waals surface area (Å²) >= 11 is 0. The molecule has 0 saturated heterocycles. The van der Waals surface area contributed by atoms with Crippen LogP contribution in [0.25, 0.3) is 11.1 Å². The van der Waals surface area contributed by atoms with Crippen LogP contribution in [-0.4, -0.2) is 36.9 Å². The molecule has 0 saturated carbocycles. The molecule has 0 unspecified atom stereocenters. The van der Waals surface area contributed by atoms with Crippen molar-refractivity contribution in [3.8, 4) is 11.1 Å². The fourth-order valence-electron chi connectivity index (χ4n) is 2.79. The van der Waals surface area contributed by atoms with Crippen LogP contribution in [0.15, 0.2) is 47.5 Å². The number of carbonyl (C=O) groups is 2. The van der Waals surface area contributed by atoms with Crippen molar-refractivity contribution in [1.82, 2.24) is 14.8 Å². The minimum absolute atomic E-state index is 0.228. The van der Waals surface area contributed by atoms with Gasteiger partial charge in [-0.1, -0.05) is 24.3 Å². The highest BCUT2D eigenvalue weighted by atomic mass is 16.4. The number of hydrogen-bond donors (Lipinski definition) is 4. The molecule has 0 bridgehead atoms. The number of rotatable bonds is 5. The van der Waals surface area contributed by atoms with Gasteiger partial charge >= 0.3 is 11.9 Å². The van der Waals surface area contributed by atoms with E-state index >= 15 is 0 Å². The fraction of sp³-hybridized carbons (Fsp3) is 0.0588. The molecule has 3 rings (SSSR count). The number of aromatic carboxylic acids is 2. The van der Waals surface area contributed by atoms with E-state index in [0.29, 0.717) is 5.56 Å². The monoisotopic (exact) mass is 354 g/mol. The highest BCUT2D eigenvalue weighted by Gasteiger charge is 2.27. The molecule has 3 aromatic rings. The summed E-state index contributed by atoms with van der Waals surface area (Å²) in [7, 11) is 0. The SMILES string of the molecule is Nc1[nH]c(=O)c(C(=O)O)c(-c2ccccc2Cn2cccn2)c1C(=O)O. The Labute approximate surface area is 146 Å². The van der Waals surface area contributed by atoms with Gasteiger partial charge in [0, 0.05) is 18.0 Å². The van der Waals surface area contributed by atoms with Gasteiger partial charge in [-0.2, -0.15) is 5.10 Å². The smallest absolute Gasteiger partial charge is 0.342 e. The molecule has 0 atom stereocenters. The number of pyridine rings is 1. The third-order valence-electron chi connectivity index (χ3n) is 3.85. The first-order valence-electron chi connectivity index (χ1n) is 7.48. The zero-order valence-electron chi connectivity index (χ0n) is 13.3. The Morgan fingerprint density at radius 3 is 2.42 bits per heavy atom. The second-order valence-corrected chi connectivity index (χ2v) is 5.46. The van der Waals surface area contributed by atoms with Crippen molar-refractivity contribution in [3.05, 3.63) is 69.8 Å². The van der Waals surface area contributed by atoms with Gasteiger partial charge < -0.3 is 20.9 Å². The lowest BCUT2D eigenvalue weighted by atomic mass is 9.92. The average Bonchev–Trinajstić information content (AvgIpc) is 3.06. The van der Waals surface area contributed by atoms with Crippen molar-refractivity contribution < 1.29 is 19.8 Å². The van der Waals surface area contributed by atoms with E-state index in [1.807, 2.05) is 0 Å². The molecule has 0 radical (unpaired) electrons. The van der Waals surface area contributed by atoms with Gasteiger partial charge in [-0.15, -0.1) is 0 Å². The maximum atomic E-state index is 12.2. The lowest BCUT2D eigenvalue weighted by molar-refractivity contribution is 0.0695. The van der Waals surface area contributed by atoms with Gasteiger partial charge in [0.25, 0.3) is 5.56 Å². The van der Waals surface area contributed by atoms with Crippen molar-refractivity contribution in [3.63, 3.8) is 0 Å². The summed E-state index contributed by atoms with van der Waals surface area (Å²) in [5, 5.41) is 23.1. The fourth-order valence-corrected chi connectivity index (χ4v) is 2.79. The first-order chi connectivity index (χ1) is 12.4. The summed E-state index contributed by atoms with van der Waals surface area (Å²) in [5.74, 6) is -3.39. The number of aromatic nitrogens is 3. The Hall–Kier alpha value is -3.88. The van der Waals surface area contributed by atoms with Crippen LogP contribution < -0.4 is 11.3 Å². The number of aromatic amines is 1. The lowest BCUT2D eigenvalue weighted by Gasteiger charge is -2.15. The number of nitrogens with zero attached hydrogens (tertiary/aromatic N) is 2. The van der Waals surface area contributed by atoms with Crippen LogP contribution in [0.4, 0.5) is 5.82 Å². The number of carboxylic acid groups (broad SMARTS) is 2. The number of nitrogens with two attached hydrogens (primary N) is 1. The molecular weight excluding hydrogens is 340 g/mol. The van der Waals surface area contributed by atoms with Crippen molar-refractivity contribution in [2.24, 2.45) is 0 Å². The molecule has 0 spiro atoms. The van der Waals surface area contributed by atoms with Crippen LogP contribution in [0.2, 0.25) is 0 Å². The molecule has 2 heterocycles. The van der Waals surface area contributed by atoms with Gasteiger partial charge in [0.1, 0.15) is 16.9 Å².